The Labute approximate surface area is 126 Å². The Kier molecular flexibility index (Phi) is 4.36. The van der Waals surface area contributed by atoms with Crippen molar-refractivity contribution in [3.8, 4) is 0 Å². The summed E-state index contributed by atoms with van der Waals surface area (Å²) >= 11 is 0. The number of non-ortho nitro benzene ring substituents is 1. The van der Waals surface area contributed by atoms with E-state index in [1.54, 1.807) is 13.2 Å². The first-order valence-corrected chi connectivity index (χ1v) is 6.46. The maximum Gasteiger partial charge on any atom is 0.355 e. The van der Waals surface area contributed by atoms with Crippen LogP contribution in [0.15, 0.2) is 36.5 Å². The number of hydrogen-bond acceptors (Lipinski definition) is 5. The van der Waals surface area contributed by atoms with E-state index in [2.05, 4.69) is 0 Å². The second-order valence-electron chi connectivity index (χ2n) is 4.78. The van der Waals surface area contributed by atoms with Crippen LogP contribution >= 0.6 is 0 Å². The zero-order valence-corrected chi connectivity index (χ0v) is 12.1. The number of nitrogens with zero attached hydrogens (tertiary/aromatic N) is 2. The van der Waals surface area contributed by atoms with Gasteiger partial charge in [-0.1, -0.05) is 0 Å². The van der Waals surface area contributed by atoms with Gasteiger partial charge < -0.3 is 9.30 Å². The molecule has 0 bridgehead atoms. The van der Waals surface area contributed by atoms with Crippen molar-refractivity contribution in [3.63, 3.8) is 0 Å². The fourth-order valence-electron chi connectivity index (χ4n) is 1.90. The van der Waals surface area contributed by atoms with E-state index in [1.165, 1.54) is 41.8 Å². The highest BCUT2D eigenvalue weighted by molar-refractivity contribution is 5.97. The summed E-state index contributed by atoms with van der Waals surface area (Å²) in [6, 6.07) is 7.22. The molecule has 0 atom stereocenters. The first kappa shape index (κ1) is 15.4. The minimum atomic E-state index is -0.562. The third kappa shape index (κ3) is 3.38. The average Bonchev–Trinajstić information content (AvgIpc) is 2.87. The van der Waals surface area contributed by atoms with Crippen molar-refractivity contribution in [2.75, 3.05) is 0 Å². The molecule has 0 aliphatic carbocycles. The van der Waals surface area contributed by atoms with Crippen LogP contribution in [0.4, 0.5) is 5.69 Å². The monoisotopic (exact) mass is 302 g/mol. The number of aromatic nitrogens is 1. The van der Waals surface area contributed by atoms with Crippen molar-refractivity contribution in [2.45, 2.75) is 13.5 Å². The molecule has 2 aromatic rings. The van der Waals surface area contributed by atoms with E-state index in [0.717, 1.165) is 0 Å². The smallest absolute Gasteiger partial charge is 0.355 e. The normalized spacial score (nSPS) is 10.3. The fraction of sp³-hybridized carbons (Fsp3) is 0.200. The zero-order chi connectivity index (χ0) is 16.3. The van der Waals surface area contributed by atoms with Crippen LogP contribution in [-0.2, 0) is 18.4 Å². The van der Waals surface area contributed by atoms with Crippen molar-refractivity contribution < 1.29 is 19.2 Å². The second-order valence-corrected chi connectivity index (χ2v) is 4.78. The number of nitro benzene ring substituents is 1. The van der Waals surface area contributed by atoms with Gasteiger partial charge in [0.25, 0.3) is 5.69 Å². The van der Waals surface area contributed by atoms with Gasteiger partial charge in [0, 0.05) is 30.9 Å². The van der Waals surface area contributed by atoms with E-state index < -0.39 is 10.9 Å². The fourth-order valence-corrected chi connectivity index (χ4v) is 1.90. The molecule has 0 radical (unpaired) electrons. The third-order valence-electron chi connectivity index (χ3n) is 3.14. The predicted molar refractivity (Wildman–Crippen MR) is 77.6 cm³/mol. The Hall–Kier alpha value is -2.96. The predicted octanol–water partition coefficient (Wildman–Crippen LogP) is 2.49. The number of esters is 1. The summed E-state index contributed by atoms with van der Waals surface area (Å²) in [7, 11) is 1.65. The molecular formula is C15H14N2O5. The standard InChI is InChI=1S/C15H14N2O5/c1-10(18)12-7-14(16(2)8-12)15(19)22-9-11-3-5-13(6-4-11)17(20)21/h3-8H,9H2,1-2H3. The topological polar surface area (TPSA) is 91.4 Å². The Morgan fingerprint density at radius 3 is 2.41 bits per heavy atom. The largest absolute Gasteiger partial charge is 0.456 e. The number of nitro groups is 1. The summed E-state index contributed by atoms with van der Waals surface area (Å²) in [4.78, 5) is 33.3. The molecule has 0 unspecified atom stereocenters. The highest BCUT2D eigenvalue weighted by atomic mass is 16.6. The molecule has 0 N–H and O–H groups in total. The Morgan fingerprint density at radius 1 is 1.27 bits per heavy atom. The number of hydrogen-bond donors (Lipinski definition) is 0. The van der Waals surface area contributed by atoms with E-state index in [0.29, 0.717) is 11.1 Å². The number of rotatable bonds is 5. The van der Waals surface area contributed by atoms with Gasteiger partial charge in [-0.05, 0) is 30.7 Å². The molecule has 1 aromatic heterocycles. The summed E-state index contributed by atoms with van der Waals surface area (Å²) in [6.45, 7) is 1.42. The Bertz CT molecular complexity index is 731. The number of Topliss-reactive ketones (excluding diaryl/α,β-unsaturated/α-hetero) is 1. The SMILES string of the molecule is CC(=O)c1cc(C(=O)OCc2ccc([N+](=O)[O-])cc2)n(C)c1. The van der Waals surface area contributed by atoms with Crippen LogP contribution in [0.1, 0.15) is 33.3 Å². The zero-order valence-electron chi connectivity index (χ0n) is 12.1. The number of benzene rings is 1. The highest BCUT2D eigenvalue weighted by Gasteiger charge is 2.15. The lowest BCUT2D eigenvalue weighted by Gasteiger charge is -2.05. The average molecular weight is 302 g/mol. The molecule has 0 fully saturated rings. The van der Waals surface area contributed by atoms with Gasteiger partial charge in [0.05, 0.1) is 4.92 Å². The van der Waals surface area contributed by atoms with Gasteiger partial charge in [0.2, 0.25) is 0 Å². The molecule has 0 spiro atoms. The van der Waals surface area contributed by atoms with Gasteiger partial charge in [-0.25, -0.2) is 4.79 Å². The van der Waals surface area contributed by atoms with Crippen LogP contribution in [-0.4, -0.2) is 21.2 Å². The number of ether oxygens (including phenoxy) is 1. The summed E-state index contributed by atoms with van der Waals surface area (Å²) in [6.07, 6.45) is 1.56. The van der Waals surface area contributed by atoms with E-state index in [9.17, 15) is 19.7 Å². The Balaban J connectivity index is 2.03. The molecule has 114 valence electrons. The van der Waals surface area contributed by atoms with E-state index in [-0.39, 0.29) is 23.8 Å². The number of carbonyl (C=O) groups is 2. The maximum atomic E-state index is 12.0. The van der Waals surface area contributed by atoms with E-state index in [4.69, 9.17) is 4.74 Å². The van der Waals surface area contributed by atoms with Crippen LogP contribution < -0.4 is 0 Å². The molecule has 0 saturated heterocycles. The first-order chi connectivity index (χ1) is 10.4. The molecule has 2 rings (SSSR count). The van der Waals surface area contributed by atoms with Crippen molar-refractivity contribution in [1.82, 2.24) is 4.57 Å². The molecule has 0 amide bonds. The van der Waals surface area contributed by atoms with Crippen molar-refractivity contribution >= 4 is 17.4 Å². The second kappa shape index (κ2) is 6.21. The van der Waals surface area contributed by atoms with Gasteiger partial charge >= 0.3 is 5.97 Å². The minimum absolute atomic E-state index is 0.00257. The van der Waals surface area contributed by atoms with Gasteiger partial charge in [-0.2, -0.15) is 0 Å². The van der Waals surface area contributed by atoms with Crippen LogP contribution in [0.5, 0.6) is 0 Å². The van der Waals surface area contributed by atoms with Crippen LogP contribution in [0.3, 0.4) is 0 Å². The lowest BCUT2D eigenvalue weighted by atomic mass is 10.2. The summed E-state index contributed by atoms with van der Waals surface area (Å²) in [5.74, 6) is -0.696. The number of aryl methyl sites for hydroxylation is 1. The minimum Gasteiger partial charge on any atom is -0.456 e. The number of carbonyl (C=O) groups excluding carboxylic acids is 2. The summed E-state index contributed by atoms with van der Waals surface area (Å²) in [5, 5.41) is 10.5. The van der Waals surface area contributed by atoms with Gasteiger partial charge in [0.1, 0.15) is 12.3 Å². The summed E-state index contributed by atoms with van der Waals surface area (Å²) < 4.78 is 6.67. The van der Waals surface area contributed by atoms with Crippen LogP contribution in [0.25, 0.3) is 0 Å². The van der Waals surface area contributed by atoms with Gasteiger partial charge in [-0.15, -0.1) is 0 Å². The van der Waals surface area contributed by atoms with E-state index >= 15 is 0 Å². The van der Waals surface area contributed by atoms with Crippen molar-refractivity contribution in [2.24, 2.45) is 7.05 Å². The molecule has 0 aliphatic rings. The highest BCUT2D eigenvalue weighted by Crippen LogP contribution is 2.14. The van der Waals surface area contributed by atoms with Crippen molar-refractivity contribution in [1.29, 1.82) is 0 Å². The third-order valence-corrected chi connectivity index (χ3v) is 3.14. The van der Waals surface area contributed by atoms with Crippen LogP contribution in [0.2, 0.25) is 0 Å². The maximum absolute atomic E-state index is 12.0. The van der Waals surface area contributed by atoms with Gasteiger partial charge in [-0.3, -0.25) is 14.9 Å². The first-order valence-electron chi connectivity index (χ1n) is 6.46. The lowest BCUT2D eigenvalue weighted by molar-refractivity contribution is -0.384. The van der Waals surface area contributed by atoms with Gasteiger partial charge in [0.15, 0.2) is 5.78 Å². The molecule has 7 heteroatoms. The van der Waals surface area contributed by atoms with Crippen molar-refractivity contribution in [3.05, 3.63) is 63.5 Å². The quantitative estimate of drug-likeness (QED) is 0.366. The lowest BCUT2D eigenvalue weighted by Crippen LogP contribution is -2.09. The molecular weight excluding hydrogens is 288 g/mol. The molecule has 0 aliphatic heterocycles. The number of ketones is 1. The van der Waals surface area contributed by atoms with E-state index in [1.807, 2.05) is 0 Å². The molecule has 22 heavy (non-hydrogen) atoms. The van der Waals surface area contributed by atoms with Crippen LogP contribution in [0, 0.1) is 10.1 Å². The molecule has 0 saturated carbocycles. The Morgan fingerprint density at radius 2 is 1.91 bits per heavy atom. The summed E-state index contributed by atoms with van der Waals surface area (Å²) in [5.41, 5.74) is 1.32. The molecule has 1 heterocycles. The molecule has 1 aromatic carbocycles. The molecule has 7 nitrogen and oxygen atoms in total.